The van der Waals surface area contributed by atoms with Crippen molar-refractivity contribution in [3.63, 3.8) is 0 Å². The summed E-state index contributed by atoms with van der Waals surface area (Å²) in [5.41, 5.74) is 4.18. The summed E-state index contributed by atoms with van der Waals surface area (Å²) in [6.07, 6.45) is 4.85. The van der Waals surface area contributed by atoms with E-state index in [9.17, 15) is 5.21 Å². The summed E-state index contributed by atoms with van der Waals surface area (Å²) < 4.78 is 11.0. The van der Waals surface area contributed by atoms with Gasteiger partial charge in [-0.2, -0.15) is 19.4 Å². The first-order chi connectivity index (χ1) is 16.6. The molecule has 0 atom stereocenters. The number of benzene rings is 1. The molecule has 5 heterocycles. The van der Waals surface area contributed by atoms with E-state index in [0.29, 0.717) is 24.7 Å². The van der Waals surface area contributed by atoms with E-state index in [-0.39, 0.29) is 0 Å². The summed E-state index contributed by atoms with van der Waals surface area (Å²) in [5, 5.41) is 21.1. The zero-order chi connectivity index (χ0) is 23.1. The van der Waals surface area contributed by atoms with Crippen LogP contribution in [0, 0.1) is 5.21 Å². The molecule has 9 nitrogen and oxygen atoms in total. The van der Waals surface area contributed by atoms with Crippen molar-refractivity contribution in [1.29, 1.82) is 0 Å². The fourth-order valence-electron chi connectivity index (χ4n) is 4.06. The van der Waals surface area contributed by atoms with Crippen molar-refractivity contribution in [2.75, 3.05) is 31.2 Å². The summed E-state index contributed by atoms with van der Waals surface area (Å²) in [6.45, 7) is 2.84. The first-order valence-electron chi connectivity index (χ1n) is 10.9. The van der Waals surface area contributed by atoms with E-state index in [2.05, 4.69) is 20.8 Å². The molecular formula is C24H20BrN7O2. The molecule has 0 N–H and O–H groups in total. The number of ether oxygens (including phenoxy) is 1. The van der Waals surface area contributed by atoms with E-state index in [4.69, 9.17) is 19.9 Å². The van der Waals surface area contributed by atoms with Crippen LogP contribution < -0.4 is 9.63 Å². The maximum atomic E-state index is 11.5. The number of fused-ring (bicyclic) bond motifs is 1. The monoisotopic (exact) mass is 517 g/mol. The highest BCUT2D eigenvalue weighted by atomic mass is 79.9. The smallest absolute Gasteiger partial charge is 0.181 e. The molecule has 34 heavy (non-hydrogen) atoms. The number of nitrogens with zero attached hydrogens (tertiary/aromatic N) is 7. The predicted octanol–water partition coefficient (Wildman–Crippen LogP) is 3.48. The Labute approximate surface area is 203 Å². The van der Waals surface area contributed by atoms with Crippen LogP contribution in [-0.2, 0) is 4.74 Å². The predicted molar refractivity (Wildman–Crippen MR) is 131 cm³/mol. The molecule has 0 spiro atoms. The fraction of sp³-hybridized carbons (Fsp3) is 0.167. The van der Waals surface area contributed by atoms with Gasteiger partial charge in [-0.25, -0.2) is 9.67 Å². The number of hydrogen-bond donors (Lipinski definition) is 0. The molecule has 1 saturated heterocycles. The third-order valence-electron chi connectivity index (χ3n) is 5.77. The van der Waals surface area contributed by atoms with Gasteiger partial charge < -0.3 is 14.8 Å². The molecule has 6 rings (SSSR count). The van der Waals surface area contributed by atoms with Crippen LogP contribution in [0.25, 0.3) is 34.0 Å². The largest absolute Gasteiger partial charge is 0.619 e. The van der Waals surface area contributed by atoms with E-state index in [1.165, 1.54) is 12.4 Å². The Morgan fingerprint density at radius 1 is 0.912 bits per heavy atom. The highest BCUT2D eigenvalue weighted by Crippen LogP contribution is 2.26. The number of rotatable bonds is 4. The van der Waals surface area contributed by atoms with Crippen LogP contribution in [0.4, 0.5) is 5.82 Å². The molecule has 5 aromatic rings. The van der Waals surface area contributed by atoms with Crippen LogP contribution in [-0.4, -0.2) is 50.7 Å². The zero-order valence-corrected chi connectivity index (χ0v) is 19.7. The average Bonchev–Trinajstić information content (AvgIpc) is 3.52. The minimum atomic E-state index is 0.657. The normalized spacial score (nSPS) is 14.1. The van der Waals surface area contributed by atoms with E-state index < -0.39 is 0 Å². The van der Waals surface area contributed by atoms with Gasteiger partial charge in [-0.15, -0.1) is 0 Å². The maximum Gasteiger partial charge on any atom is 0.181 e. The Morgan fingerprint density at radius 3 is 2.53 bits per heavy atom. The Bertz CT molecular complexity index is 1470. The van der Waals surface area contributed by atoms with Gasteiger partial charge in [0.05, 0.1) is 24.6 Å². The lowest BCUT2D eigenvalue weighted by Gasteiger charge is -2.29. The molecule has 10 heteroatoms. The van der Waals surface area contributed by atoms with Crippen molar-refractivity contribution in [1.82, 2.24) is 24.4 Å². The van der Waals surface area contributed by atoms with Gasteiger partial charge in [-0.05, 0) is 18.2 Å². The van der Waals surface area contributed by atoms with Gasteiger partial charge in [-0.1, -0.05) is 28.1 Å². The second-order valence-electron chi connectivity index (χ2n) is 7.97. The van der Waals surface area contributed by atoms with Crippen molar-refractivity contribution in [3.8, 4) is 28.3 Å². The summed E-state index contributed by atoms with van der Waals surface area (Å²) >= 11 is 3.53. The van der Waals surface area contributed by atoms with Gasteiger partial charge >= 0.3 is 0 Å². The molecule has 170 valence electrons. The Balaban J connectivity index is 1.46. The second kappa shape index (κ2) is 8.54. The van der Waals surface area contributed by atoms with Crippen molar-refractivity contribution in [2.45, 2.75) is 0 Å². The van der Waals surface area contributed by atoms with Gasteiger partial charge in [0.15, 0.2) is 23.9 Å². The Hall–Kier alpha value is -3.76. The molecule has 4 aromatic heterocycles. The Kier molecular flexibility index (Phi) is 5.23. The second-order valence-corrected chi connectivity index (χ2v) is 8.89. The lowest BCUT2D eigenvalue weighted by molar-refractivity contribution is -0.605. The molecule has 1 aliphatic heterocycles. The van der Waals surface area contributed by atoms with Gasteiger partial charge in [0.25, 0.3) is 0 Å². The van der Waals surface area contributed by atoms with E-state index in [1.807, 2.05) is 53.2 Å². The van der Waals surface area contributed by atoms with Crippen molar-refractivity contribution in [2.24, 2.45) is 0 Å². The molecule has 1 fully saturated rings. The summed E-state index contributed by atoms with van der Waals surface area (Å²) in [5.74, 6) is 1.62. The van der Waals surface area contributed by atoms with E-state index in [0.717, 1.165) is 50.6 Å². The summed E-state index contributed by atoms with van der Waals surface area (Å²) in [4.78, 5) is 7.10. The van der Waals surface area contributed by atoms with Gasteiger partial charge in [0.2, 0.25) is 0 Å². The van der Waals surface area contributed by atoms with Gasteiger partial charge in [-0.3, -0.25) is 0 Å². The SMILES string of the molecule is [O-][n+]1ccc(-c2cc3nc(-n4ccc(-c5cccc(Br)c5)n4)cc(N4CCOCC4)n3n2)cc1. The van der Waals surface area contributed by atoms with Gasteiger partial charge in [0.1, 0.15) is 5.82 Å². The quantitative estimate of drug-likeness (QED) is 0.268. The standard InChI is InChI=1S/C24H20BrN7O2/c25-19-3-1-2-18(14-19)20-6-9-31(27-20)22-16-24(29-10-12-34-13-11-29)32-23(26-22)15-21(28-32)17-4-7-30(33)8-5-17/h1-9,14-16H,10-13H2. The van der Waals surface area contributed by atoms with Crippen molar-refractivity contribution >= 4 is 27.4 Å². The van der Waals surface area contributed by atoms with Crippen molar-refractivity contribution in [3.05, 3.63) is 82.9 Å². The summed E-state index contributed by atoms with van der Waals surface area (Å²) in [6, 6.07) is 17.5. The zero-order valence-electron chi connectivity index (χ0n) is 18.1. The highest BCUT2D eigenvalue weighted by molar-refractivity contribution is 9.10. The minimum absolute atomic E-state index is 0.657. The number of aromatic nitrogens is 6. The molecule has 0 unspecified atom stereocenters. The van der Waals surface area contributed by atoms with Crippen LogP contribution in [0.2, 0.25) is 0 Å². The molecule has 1 aromatic carbocycles. The third kappa shape index (κ3) is 3.91. The average molecular weight is 518 g/mol. The van der Waals surface area contributed by atoms with E-state index >= 15 is 0 Å². The first kappa shape index (κ1) is 20.8. The number of anilines is 1. The summed E-state index contributed by atoms with van der Waals surface area (Å²) in [7, 11) is 0. The highest BCUT2D eigenvalue weighted by Gasteiger charge is 2.19. The number of pyridine rings is 1. The third-order valence-corrected chi connectivity index (χ3v) is 6.27. The van der Waals surface area contributed by atoms with Crippen LogP contribution in [0.3, 0.4) is 0 Å². The van der Waals surface area contributed by atoms with Crippen LogP contribution in [0.15, 0.2) is 77.7 Å². The van der Waals surface area contributed by atoms with Crippen molar-refractivity contribution < 1.29 is 9.47 Å². The Morgan fingerprint density at radius 2 is 1.74 bits per heavy atom. The lowest BCUT2D eigenvalue weighted by Crippen LogP contribution is -2.37. The number of halogens is 1. The van der Waals surface area contributed by atoms with Crippen LogP contribution >= 0.6 is 15.9 Å². The lowest BCUT2D eigenvalue weighted by atomic mass is 10.2. The molecular weight excluding hydrogens is 498 g/mol. The first-order valence-corrected chi connectivity index (χ1v) is 11.7. The van der Waals surface area contributed by atoms with Crippen LogP contribution in [0.5, 0.6) is 0 Å². The number of morpholine rings is 1. The maximum absolute atomic E-state index is 11.5. The molecule has 0 saturated carbocycles. The molecule has 0 radical (unpaired) electrons. The molecule has 0 amide bonds. The van der Waals surface area contributed by atoms with E-state index in [1.54, 1.807) is 16.8 Å². The molecule has 0 aliphatic carbocycles. The fourth-order valence-corrected chi connectivity index (χ4v) is 4.46. The van der Waals surface area contributed by atoms with Crippen LogP contribution in [0.1, 0.15) is 0 Å². The van der Waals surface area contributed by atoms with Gasteiger partial charge in [0, 0.05) is 59.2 Å². The molecule has 1 aliphatic rings. The molecule has 0 bridgehead atoms. The topological polar surface area (TPSA) is 87.4 Å². The minimum Gasteiger partial charge on any atom is -0.619 e. The number of hydrogen-bond acceptors (Lipinski definition) is 6.